The molecule has 1 amide bonds. The number of benzene rings is 2. The summed E-state index contributed by atoms with van der Waals surface area (Å²) < 4.78 is 18.6. The second-order valence-corrected chi connectivity index (χ2v) is 7.33. The Morgan fingerprint density at radius 2 is 2.04 bits per heavy atom. The van der Waals surface area contributed by atoms with E-state index in [1.165, 1.54) is 17.7 Å². The fourth-order valence-corrected chi connectivity index (χ4v) is 3.58. The van der Waals surface area contributed by atoms with Crippen LogP contribution in [-0.2, 0) is 17.8 Å². The molecule has 0 radical (unpaired) electrons. The van der Waals surface area contributed by atoms with E-state index in [-0.39, 0.29) is 11.8 Å². The SMILES string of the molecule is CCc1ccc(-c2nc(C3CC(=O)N(Cc4ccc(F)cc4Cl)C3)no2)cc1. The average Bonchev–Trinajstić information content (AvgIpc) is 3.31. The third kappa shape index (κ3) is 3.78. The highest BCUT2D eigenvalue weighted by atomic mass is 35.5. The van der Waals surface area contributed by atoms with Crippen molar-refractivity contribution in [1.82, 2.24) is 15.0 Å². The topological polar surface area (TPSA) is 59.2 Å². The highest BCUT2D eigenvalue weighted by molar-refractivity contribution is 6.31. The minimum absolute atomic E-state index is 0.0101. The molecule has 28 heavy (non-hydrogen) atoms. The first kappa shape index (κ1) is 18.6. The number of amides is 1. The van der Waals surface area contributed by atoms with E-state index in [1.807, 2.05) is 24.3 Å². The normalized spacial score (nSPS) is 16.8. The second kappa shape index (κ2) is 7.72. The van der Waals surface area contributed by atoms with E-state index in [0.717, 1.165) is 12.0 Å². The molecule has 1 atom stereocenters. The molecule has 0 N–H and O–H groups in total. The largest absolute Gasteiger partial charge is 0.338 e. The molecular formula is C21H19ClFN3O2. The molecule has 1 aliphatic rings. The van der Waals surface area contributed by atoms with Gasteiger partial charge in [-0.15, -0.1) is 0 Å². The summed E-state index contributed by atoms with van der Waals surface area (Å²) >= 11 is 6.08. The van der Waals surface area contributed by atoms with Crippen LogP contribution < -0.4 is 0 Å². The van der Waals surface area contributed by atoms with E-state index in [1.54, 1.807) is 11.0 Å². The Labute approximate surface area is 167 Å². The van der Waals surface area contributed by atoms with Gasteiger partial charge in [-0.3, -0.25) is 4.79 Å². The summed E-state index contributed by atoms with van der Waals surface area (Å²) in [4.78, 5) is 18.6. The van der Waals surface area contributed by atoms with Crippen molar-refractivity contribution in [3.05, 3.63) is 70.3 Å². The molecule has 0 saturated carbocycles. The number of hydrogen-bond acceptors (Lipinski definition) is 4. The highest BCUT2D eigenvalue weighted by Gasteiger charge is 2.34. The molecule has 5 nitrogen and oxygen atoms in total. The summed E-state index contributed by atoms with van der Waals surface area (Å²) in [5.41, 5.74) is 2.80. The van der Waals surface area contributed by atoms with E-state index in [2.05, 4.69) is 17.1 Å². The van der Waals surface area contributed by atoms with Gasteiger partial charge in [-0.05, 0) is 41.8 Å². The number of halogens is 2. The molecule has 1 unspecified atom stereocenters. The van der Waals surface area contributed by atoms with E-state index < -0.39 is 5.82 Å². The Kier molecular flexibility index (Phi) is 5.13. The molecule has 1 aromatic heterocycles. The van der Waals surface area contributed by atoms with Gasteiger partial charge in [0.1, 0.15) is 5.82 Å². The van der Waals surface area contributed by atoms with Crippen molar-refractivity contribution < 1.29 is 13.7 Å². The summed E-state index contributed by atoms with van der Waals surface area (Å²) in [6, 6.07) is 12.2. The minimum Gasteiger partial charge on any atom is -0.338 e. The molecule has 1 fully saturated rings. The first-order valence-electron chi connectivity index (χ1n) is 9.18. The number of aromatic nitrogens is 2. The van der Waals surface area contributed by atoms with Crippen LogP contribution in [0.2, 0.25) is 5.02 Å². The van der Waals surface area contributed by atoms with Crippen LogP contribution in [0.15, 0.2) is 47.0 Å². The predicted molar refractivity (Wildman–Crippen MR) is 103 cm³/mol. The molecule has 1 saturated heterocycles. The fraction of sp³-hybridized carbons (Fsp3) is 0.286. The van der Waals surface area contributed by atoms with Gasteiger partial charge in [0.25, 0.3) is 5.89 Å². The molecule has 0 spiro atoms. The molecule has 4 rings (SSSR count). The Morgan fingerprint density at radius 3 is 2.75 bits per heavy atom. The van der Waals surface area contributed by atoms with Crippen molar-refractivity contribution in [2.75, 3.05) is 6.54 Å². The molecule has 0 aliphatic carbocycles. The van der Waals surface area contributed by atoms with Gasteiger partial charge >= 0.3 is 0 Å². The molecular weight excluding hydrogens is 381 g/mol. The van der Waals surface area contributed by atoms with Crippen LogP contribution in [0.5, 0.6) is 0 Å². The van der Waals surface area contributed by atoms with Gasteiger partial charge in [0.2, 0.25) is 5.91 Å². The van der Waals surface area contributed by atoms with Gasteiger partial charge in [0, 0.05) is 36.0 Å². The monoisotopic (exact) mass is 399 g/mol. The first-order chi connectivity index (χ1) is 13.5. The van der Waals surface area contributed by atoms with Crippen LogP contribution in [0.3, 0.4) is 0 Å². The van der Waals surface area contributed by atoms with Crippen molar-refractivity contribution in [3.8, 4) is 11.5 Å². The van der Waals surface area contributed by atoms with Crippen LogP contribution in [0, 0.1) is 5.82 Å². The molecule has 7 heteroatoms. The van der Waals surface area contributed by atoms with E-state index >= 15 is 0 Å². The number of carbonyl (C=O) groups excluding carboxylic acids is 1. The average molecular weight is 400 g/mol. The Bertz CT molecular complexity index is 1000. The number of nitrogens with zero attached hydrogens (tertiary/aromatic N) is 3. The van der Waals surface area contributed by atoms with E-state index in [0.29, 0.717) is 41.8 Å². The van der Waals surface area contributed by atoms with E-state index in [4.69, 9.17) is 16.1 Å². The summed E-state index contributed by atoms with van der Waals surface area (Å²) in [6.45, 7) is 2.90. The zero-order valence-corrected chi connectivity index (χ0v) is 16.1. The summed E-state index contributed by atoms with van der Waals surface area (Å²) in [6.07, 6.45) is 1.28. The van der Waals surface area contributed by atoms with Crippen LogP contribution in [0.25, 0.3) is 11.5 Å². The van der Waals surface area contributed by atoms with Crippen LogP contribution in [0.4, 0.5) is 4.39 Å². The lowest BCUT2D eigenvalue weighted by molar-refractivity contribution is -0.128. The lowest BCUT2D eigenvalue weighted by Gasteiger charge is -2.17. The zero-order chi connectivity index (χ0) is 19.7. The molecule has 144 valence electrons. The summed E-state index contributed by atoms with van der Waals surface area (Å²) in [5, 5.41) is 4.40. The van der Waals surface area contributed by atoms with Gasteiger partial charge in [-0.1, -0.05) is 41.9 Å². The van der Waals surface area contributed by atoms with E-state index in [9.17, 15) is 9.18 Å². The zero-order valence-electron chi connectivity index (χ0n) is 15.4. The van der Waals surface area contributed by atoms with Crippen molar-refractivity contribution in [3.63, 3.8) is 0 Å². The van der Waals surface area contributed by atoms with Crippen molar-refractivity contribution in [1.29, 1.82) is 0 Å². The molecule has 3 aromatic rings. The number of carbonyl (C=O) groups is 1. The molecule has 0 bridgehead atoms. The first-order valence-corrected chi connectivity index (χ1v) is 9.56. The predicted octanol–water partition coefficient (Wildman–Crippen LogP) is 4.61. The second-order valence-electron chi connectivity index (χ2n) is 6.92. The van der Waals surface area contributed by atoms with Gasteiger partial charge in [-0.25, -0.2) is 4.39 Å². The summed E-state index contributed by atoms with van der Waals surface area (Å²) in [7, 11) is 0. The standard InChI is InChI=1S/C21H19ClFN3O2/c1-2-13-3-5-14(6-4-13)21-24-20(25-28-21)16-9-19(27)26(12-16)11-15-7-8-17(23)10-18(15)22/h3-8,10,16H,2,9,11-12H2,1H3. The van der Waals surface area contributed by atoms with Gasteiger partial charge in [0.15, 0.2) is 5.82 Å². The third-order valence-corrected chi connectivity index (χ3v) is 5.36. The summed E-state index contributed by atoms with van der Waals surface area (Å²) in [5.74, 6) is 0.426. The number of rotatable bonds is 5. The van der Waals surface area contributed by atoms with Crippen molar-refractivity contribution in [2.45, 2.75) is 32.2 Å². The Morgan fingerprint density at radius 1 is 1.25 bits per heavy atom. The van der Waals surface area contributed by atoms with Crippen LogP contribution >= 0.6 is 11.6 Å². The number of hydrogen-bond donors (Lipinski definition) is 0. The van der Waals surface area contributed by atoms with Crippen molar-refractivity contribution >= 4 is 17.5 Å². The van der Waals surface area contributed by atoms with Crippen LogP contribution in [-0.4, -0.2) is 27.5 Å². The molecule has 2 heterocycles. The van der Waals surface area contributed by atoms with Gasteiger partial charge in [0.05, 0.1) is 0 Å². The Hall–Kier alpha value is -2.73. The highest BCUT2D eigenvalue weighted by Crippen LogP contribution is 2.30. The van der Waals surface area contributed by atoms with Crippen molar-refractivity contribution in [2.24, 2.45) is 0 Å². The Balaban J connectivity index is 1.47. The molecule has 1 aliphatic heterocycles. The van der Waals surface area contributed by atoms with Gasteiger partial charge in [-0.2, -0.15) is 4.98 Å². The quantitative estimate of drug-likeness (QED) is 0.628. The van der Waals surface area contributed by atoms with Crippen LogP contribution in [0.1, 0.15) is 36.2 Å². The minimum atomic E-state index is -0.398. The van der Waals surface area contributed by atoms with Gasteiger partial charge < -0.3 is 9.42 Å². The maximum Gasteiger partial charge on any atom is 0.257 e. The number of aryl methyl sites for hydroxylation is 1. The third-order valence-electron chi connectivity index (χ3n) is 5.01. The maximum absolute atomic E-state index is 13.2. The molecule has 2 aromatic carbocycles. The smallest absolute Gasteiger partial charge is 0.257 e. The maximum atomic E-state index is 13.2. The number of likely N-dealkylation sites (tertiary alicyclic amines) is 1. The fourth-order valence-electron chi connectivity index (χ4n) is 3.35. The lowest BCUT2D eigenvalue weighted by Crippen LogP contribution is -2.24. The lowest BCUT2D eigenvalue weighted by atomic mass is 10.1.